The first-order valence-electron chi connectivity index (χ1n) is 3.89. The predicted molar refractivity (Wildman–Crippen MR) is 48.1 cm³/mol. The molecule has 1 rings (SSSR count). The van der Waals surface area contributed by atoms with E-state index in [2.05, 4.69) is 0 Å². The summed E-state index contributed by atoms with van der Waals surface area (Å²) in [5.41, 5.74) is 0.126. The molecule has 2 N–H and O–H groups in total. The van der Waals surface area contributed by atoms with Gasteiger partial charge in [-0.25, -0.2) is 4.39 Å². The van der Waals surface area contributed by atoms with Crippen molar-refractivity contribution in [3.63, 3.8) is 0 Å². The lowest BCUT2D eigenvalue weighted by atomic mass is 10.1. The molecular weight excluding hydrogens is 195 g/mol. The predicted octanol–water partition coefficient (Wildman–Crippen LogP) is 1.89. The second-order valence-electron chi connectivity index (χ2n) is 2.67. The third kappa shape index (κ3) is 2.40. The number of hydrogen-bond acceptors (Lipinski definition) is 2. The molecule has 0 bridgehead atoms. The van der Waals surface area contributed by atoms with Gasteiger partial charge in [0.05, 0.1) is 11.1 Å². The largest absolute Gasteiger partial charge is 0.396 e. The van der Waals surface area contributed by atoms with E-state index in [1.165, 1.54) is 12.1 Å². The zero-order valence-electron chi connectivity index (χ0n) is 6.87. The van der Waals surface area contributed by atoms with Crippen LogP contribution in [0.5, 0.6) is 0 Å². The van der Waals surface area contributed by atoms with E-state index in [-0.39, 0.29) is 23.6 Å². The Morgan fingerprint density at radius 3 is 2.77 bits per heavy atom. The maximum Gasteiger partial charge on any atom is 0.147 e. The SMILES string of the molecule is OCC[C@@H](O)c1cccc(Cl)c1F. The van der Waals surface area contributed by atoms with Gasteiger partial charge in [0.1, 0.15) is 5.82 Å². The van der Waals surface area contributed by atoms with Crippen LogP contribution in [-0.4, -0.2) is 16.8 Å². The Kier molecular flexibility index (Phi) is 3.66. The molecule has 0 heterocycles. The van der Waals surface area contributed by atoms with Gasteiger partial charge in [0.25, 0.3) is 0 Å². The Bertz CT molecular complexity index is 291. The fourth-order valence-corrected chi connectivity index (χ4v) is 1.24. The van der Waals surface area contributed by atoms with Crippen molar-refractivity contribution in [2.24, 2.45) is 0 Å². The molecule has 0 fully saturated rings. The van der Waals surface area contributed by atoms with Crippen LogP contribution in [0.15, 0.2) is 18.2 Å². The maximum atomic E-state index is 13.2. The minimum absolute atomic E-state index is 0.0190. The topological polar surface area (TPSA) is 40.5 Å². The first kappa shape index (κ1) is 10.4. The summed E-state index contributed by atoms with van der Waals surface area (Å²) in [4.78, 5) is 0. The Morgan fingerprint density at radius 2 is 2.15 bits per heavy atom. The molecule has 2 nitrogen and oxygen atoms in total. The highest BCUT2D eigenvalue weighted by Gasteiger charge is 2.13. The summed E-state index contributed by atoms with van der Waals surface area (Å²) in [6, 6.07) is 4.41. The molecular formula is C9H10ClFO2. The molecule has 0 saturated carbocycles. The number of hydrogen-bond donors (Lipinski definition) is 2. The molecule has 1 aromatic carbocycles. The second-order valence-corrected chi connectivity index (χ2v) is 3.08. The first-order chi connectivity index (χ1) is 6.16. The molecule has 0 aromatic heterocycles. The van der Waals surface area contributed by atoms with Gasteiger partial charge >= 0.3 is 0 Å². The van der Waals surface area contributed by atoms with Gasteiger partial charge in [-0.05, 0) is 6.07 Å². The number of aliphatic hydroxyl groups is 2. The molecule has 0 aliphatic rings. The molecule has 72 valence electrons. The van der Waals surface area contributed by atoms with Gasteiger partial charge in [-0.15, -0.1) is 0 Å². The van der Waals surface area contributed by atoms with Crippen molar-refractivity contribution in [1.82, 2.24) is 0 Å². The van der Waals surface area contributed by atoms with Crippen LogP contribution in [0, 0.1) is 5.82 Å². The highest BCUT2D eigenvalue weighted by molar-refractivity contribution is 6.30. The van der Waals surface area contributed by atoms with Crippen LogP contribution in [0.2, 0.25) is 5.02 Å². The maximum absolute atomic E-state index is 13.2. The third-order valence-electron chi connectivity index (χ3n) is 1.74. The van der Waals surface area contributed by atoms with Crippen molar-refractivity contribution in [1.29, 1.82) is 0 Å². The van der Waals surface area contributed by atoms with Crippen LogP contribution in [0.3, 0.4) is 0 Å². The van der Waals surface area contributed by atoms with E-state index in [1.807, 2.05) is 0 Å². The summed E-state index contributed by atoms with van der Waals surface area (Å²) in [5.74, 6) is -0.620. The third-order valence-corrected chi connectivity index (χ3v) is 2.03. The summed E-state index contributed by atoms with van der Waals surface area (Å²) in [6.07, 6.45) is -0.888. The standard InChI is InChI=1S/C9H10ClFO2/c10-7-3-1-2-6(9(7)11)8(13)4-5-12/h1-3,8,12-13H,4-5H2/t8-/m1/s1. The lowest BCUT2D eigenvalue weighted by Crippen LogP contribution is -2.03. The molecule has 0 radical (unpaired) electrons. The number of halogens is 2. The molecule has 0 saturated heterocycles. The summed E-state index contributed by atoms with van der Waals surface area (Å²) in [6.45, 7) is -0.187. The van der Waals surface area contributed by atoms with E-state index in [9.17, 15) is 9.50 Å². The monoisotopic (exact) mass is 204 g/mol. The van der Waals surface area contributed by atoms with E-state index in [0.29, 0.717) is 0 Å². The molecule has 1 atom stereocenters. The normalized spacial score (nSPS) is 12.9. The van der Waals surface area contributed by atoms with Gasteiger partial charge in [-0.2, -0.15) is 0 Å². The van der Waals surface area contributed by atoms with E-state index < -0.39 is 11.9 Å². The fourth-order valence-electron chi connectivity index (χ4n) is 1.06. The van der Waals surface area contributed by atoms with Gasteiger partial charge in [0, 0.05) is 18.6 Å². The van der Waals surface area contributed by atoms with Gasteiger partial charge < -0.3 is 10.2 Å². The highest BCUT2D eigenvalue weighted by Crippen LogP contribution is 2.24. The molecule has 0 amide bonds. The second kappa shape index (κ2) is 4.56. The number of benzene rings is 1. The molecule has 1 aromatic rings. The Morgan fingerprint density at radius 1 is 1.46 bits per heavy atom. The summed E-state index contributed by atoms with van der Waals surface area (Å²) in [5, 5.41) is 17.9. The zero-order chi connectivity index (χ0) is 9.84. The lowest BCUT2D eigenvalue weighted by molar-refractivity contribution is 0.131. The Balaban J connectivity index is 2.93. The quantitative estimate of drug-likeness (QED) is 0.790. The van der Waals surface area contributed by atoms with Crippen molar-refractivity contribution < 1.29 is 14.6 Å². The van der Waals surface area contributed by atoms with E-state index in [1.54, 1.807) is 6.07 Å². The Hall–Kier alpha value is -0.640. The van der Waals surface area contributed by atoms with Gasteiger partial charge in [-0.1, -0.05) is 23.7 Å². The molecule has 0 spiro atoms. The van der Waals surface area contributed by atoms with E-state index in [4.69, 9.17) is 16.7 Å². The van der Waals surface area contributed by atoms with Gasteiger partial charge in [-0.3, -0.25) is 0 Å². The molecule has 0 aliphatic carbocycles. The highest BCUT2D eigenvalue weighted by atomic mass is 35.5. The molecule has 0 unspecified atom stereocenters. The van der Waals surface area contributed by atoms with Gasteiger partial charge in [0.2, 0.25) is 0 Å². The van der Waals surface area contributed by atoms with Crippen molar-refractivity contribution in [3.8, 4) is 0 Å². The van der Waals surface area contributed by atoms with Crippen molar-refractivity contribution >= 4 is 11.6 Å². The van der Waals surface area contributed by atoms with Crippen LogP contribution in [0.1, 0.15) is 18.1 Å². The van der Waals surface area contributed by atoms with Crippen LogP contribution in [0.25, 0.3) is 0 Å². The zero-order valence-corrected chi connectivity index (χ0v) is 7.63. The van der Waals surface area contributed by atoms with E-state index in [0.717, 1.165) is 0 Å². The minimum Gasteiger partial charge on any atom is -0.396 e. The molecule has 13 heavy (non-hydrogen) atoms. The van der Waals surface area contributed by atoms with Crippen molar-refractivity contribution in [2.45, 2.75) is 12.5 Å². The van der Waals surface area contributed by atoms with Gasteiger partial charge in [0.15, 0.2) is 0 Å². The summed E-state index contributed by atoms with van der Waals surface area (Å²) >= 11 is 5.51. The van der Waals surface area contributed by atoms with E-state index >= 15 is 0 Å². The number of rotatable bonds is 3. The Labute approximate surface area is 80.6 Å². The van der Waals surface area contributed by atoms with Crippen molar-refractivity contribution in [2.75, 3.05) is 6.61 Å². The summed E-state index contributed by atoms with van der Waals surface area (Å²) < 4.78 is 13.2. The first-order valence-corrected chi connectivity index (χ1v) is 4.27. The smallest absolute Gasteiger partial charge is 0.147 e. The summed E-state index contributed by atoms with van der Waals surface area (Å²) in [7, 11) is 0. The van der Waals surface area contributed by atoms with Crippen LogP contribution >= 0.6 is 11.6 Å². The van der Waals surface area contributed by atoms with Crippen molar-refractivity contribution in [3.05, 3.63) is 34.6 Å². The van der Waals surface area contributed by atoms with Crippen LogP contribution in [-0.2, 0) is 0 Å². The average molecular weight is 205 g/mol. The number of aliphatic hydroxyl groups excluding tert-OH is 2. The lowest BCUT2D eigenvalue weighted by Gasteiger charge is -2.10. The van der Waals surface area contributed by atoms with Crippen LogP contribution < -0.4 is 0 Å². The molecule has 4 heteroatoms. The average Bonchev–Trinajstić information content (AvgIpc) is 2.10. The minimum atomic E-state index is -0.997. The fraction of sp³-hybridized carbons (Fsp3) is 0.333. The molecule has 0 aliphatic heterocycles. The van der Waals surface area contributed by atoms with Crippen LogP contribution in [0.4, 0.5) is 4.39 Å².